The number of fused-ring (bicyclic) bond motifs is 1. The molecule has 0 N–H and O–H groups in total. The van der Waals surface area contributed by atoms with Crippen molar-refractivity contribution in [1.29, 1.82) is 0 Å². The molecule has 2 aromatic carbocycles. The lowest BCUT2D eigenvalue weighted by Crippen LogP contribution is -1.91. The molecule has 1 aromatic heterocycles. The minimum atomic E-state index is -0.413. The van der Waals surface area contributed by atoms with Gasteiger partial charge < -0.3 is 4.57 Å². The molecule has 1 heterocycles. The SMILES string of the molecule is Cn1c(-c2ccc(F)cc2)cc2cc([N+](=O)[O-])ccc21. The van der Waals surface area contributed by atoms with Crippen LogP contribution < -0.4 is 0 Å². The number of non-ortho nitro benzene ring substituents is 1. The maximum absolute atomic E-state index is 13.0. The Labute approximate surface area is 114 Å². The molecule has 0 amide bonds. The highest BCUT2D eigenvalue weighted by Crippen LogP contribution is 2.29. The molecular formula is C15H11FN2O2. The monoisotopic (exact) mass is 270 g/mol. The van der Waals surface area contributed by atoms with Gasteiger partial charge in [0.2, 0.25) is 0 Å². The Hall–Kier alpha value is -2.69. The Morgan fingerprint density at radius 3 is 2.45 bits per heavy atom. The van der Waals surface area contributed by atoms with Crippen LogP contribution in [0.1, 0.15) is 0 Å². The van der Waals surface area contributed by atoms with E-state index in [1.165, 1.54) is 18.2 Å². The molecule has 100 valence electrons. The molecule has 0 spiro atoms. The van der Waals surface area contributed by atoms with Crippen molar-refractivity contribution in [2.24, 2.45) is 7.05 Å². The van der Waals surface area contributed by atoms with Crippen LogP contribution in [0.4, 0.5) is 10.1 Å². The number of halogens is 1. The number of nitro benzene ring substituents is 1. The van der Waals surface area contributed by atoms with E-state index in [0.29, 0.717) is 0 Å². The fraction of sp³-hybridized carbons (Fsp3) is 0.0667. The summed E-state index contributed by atoms with van der Waals surface area (Å²) >= 11 is 0. The molecule has 4 nitrogen and oxygen atoms in total. The minimum absolute atomic E-state index is 0.0637. The molecule has 5 heteroatoms. The average Bonchev–Trinajstić information content (AvgIpc) is 2.76. The molecular weight excluding hydrogens is 259 g/mol. The van der Waals surface area contributed by atoms with Crippen molar-refractivity contribution in [1.82, 2.24) is 4.57 Å². The smallest absolute Gasteiger partial charge is 0.270 e. The summed E-state index contributed by atoms with van der Waals surface area (Å²) in [4.78, 5) is 10.4. The third-order valence-electron chi connectivity index (χ3n) is 3.38. The zero-order valence-electron chi connectivity index (χ0n) is 10.7. The molecule has 0 aliphatic heterocycles. The molecule has 3 aromatic rings. The van der Waals surface area contributed by atoms with Gasteiger partial charge in [-0.2, -0.15) is 0 Å². The molecule has 3 rings (SSSR count). The quantitative estimate of drug-likeness (QED) is 0.524. The lowest BCUT2D eigenvalue weighted by molar-refractivity contribution is -0.384. The maximum Gasteiger partial charge on any atom is 0.270 e. The molecule has 0 saturated heterocycles. The first kappa shape index (κ1) is 12.3. The summed E-state index contributed by atoms with van der Waals surface area (Å²) in [5.74, 6) is -0.289. The highest BCUT2D eigenvalue weighted by molar-refractivity contribution is 5.88. The fourth-order valence-electron chi connectivity index (χ4n) is 2.35. The first-order valence-electron chi connectivity index (χ1n) is 6.06. The van der Waals surface area contributed by atoms with E-state index in [0.717, 1.165) is 22.2 Å². The van der Waals surface area contributed by atoms with E-state index < -0.39 is 4.92 Å². The van der Waals surface area contributed by atoms with Crippen LogP contribution in [0.25, 0.3) is 22.2 Å². The molecule has 0 aliphatic carbocycles. The Kier molecular flexibility index (Phi) is 2.75. The van der Waals surface area contributed by atoms with Gasteiger partial charge in [0.15, 0.2) is 0 Å². The number of benzene rings is 2. The van der Waals surface area contributed by atoms with Gasteiger partial charge in [0, 0.05) is 35.8 Å². The van der Waals surface area contributed by atoms with Crippen LogP contribution in [-0.2, 0) is 7.05 Å². The van der Waals surface area contributed by atoms with Crippen molar-refractivity contribution in [3.8, 4) is 11.3 Å². The van der Waals surface area contributed by atoms with E-state index in [4.69, 9.17) is 0 Å². The summed E-state index contributed by atoms with van der Waals surface area (Å²) in [6.45, 7) is 0. The van der Waals surface area contributed by atoms with Gasteiger partial charge in [-0.05, 0) is 42.0 Å². The van der Waals surface area contributed by atoms with E-state index in [2.05, 4.69) is 0 Å². The van der Waals surface area contributed by atoms with Gasteiger partial charge in [0.1, 0.15) is 5.82 Å². The number of aromatic nitrogens is 1. The molecule has 0 saturated carbocycles. The molecule has 0 atom stereocenters. The number of nitro groups is 1. The second-order valence-electron chi connectivity index (χ2n) is 4.60. The summed E-state index contributed by atoms with van der Waals surface area (Å²) in [5, 5.41) is 11.6. The van der Waals surface area contributed by atoms with Crippen LogP contribution in [0.2, 0.25) is 0 Å². The Balaban J connectivity index is 2.19. The van der Waals surface area contributed by atoms with Gasteiger partial charge in [-0.25, -0.2) is 4.39 Å². The number of hydrogen-bond donors (Lipinski definition) is 0. The van der Waals surface area contributed by atoms with Crippen LogP contribution in [0.3, 0.4) is 0 Å². The third kappa shape index (κ3) is 1.93. The van der Waals surface area contributed by atoms with Crippen LogP contribution in [0.5, 0.6) is 0 Å². The largest absolute Gasteiger partial charge is 0.344 e. The second kappa shape index (κ2) is 4.45. The Morgan fingerprint density at radius 2 is 1.80 bits per heavy atom. The Morgan fingerprint density at radius 1 is 1.10 bits per heavy atom. The van der Waals surface area contributed by atoms with Crippen molar-refractivity contribution < 1.29 is 9.31 Å². The molecule has 0 bridgehead atoms. The van der Waals surface area contributed by atoms with Crippen molar-refractivity contribution in [3.05, 3.63) is 64.5 Å². The summed E-state index contributed by atoms with van der Waals surface area (Å²) < 4.78 is 14.9. The first-order valence-corrected chi connectivity index (χ1v) is 6.06. The summed E-state index contributed by atoms with van der Waals surface area (Å²) in [7, 11) is 1.88. The van der Waals surface area contributed by atoms with E-state index in [9.17, 15) is 14.5 Å². The number of nitrogens with zero attached hydrogens (tertiary/aromatic N) is 2. The third-order valence-corrected chi connectivity index (χ3v) is 3.38. The fourth-order valence-corrected chi connectivity index (χ4v) is 2.35. The van der Waals surface area contributed by atoms with Crippen molar-refractivity contribution >= 4 is 16.6 Å². The lowest BCUT2D eigenvalue weighted by atomic mass is 10.1. The average molecular weight is 270 g/mol. The van der Waals surface area contributed by atoms with Gasteiger partial charge >= 0.3 is 0 Å². The molecule has 0 aliphatic rings. The topological polar surface area (TPSA) is 48.1 Å². The van der Waals surface area contributed by atoms with Crippen molar-refractivity contribution in [3.63, 3.8) is 0 Å². The van der Waals surface area contributed by atoms with E-state index in [1.54, 1.807) is 24.3 Å². The molecule has 0 fully saturated rings. The highest BCUT2D eigenvalue weighted by Gasteiger charge is 2.12. The molecule has 0 radical (unpaired) electrons. The van der Waals surface area contributed by atoms with Crippen LogP contribution >= 0.6 is 0 Å². The zero-order valence-corrected chi connectivity index (χ0v) is 10.7. The van der Waals surface area contributed by atoms with E-state index in [1.807, 2.05) is 17.7 Å². The van der Waals surface area contributed by atoms with Gasteiger partial charge in [-0.15, -0.1) is 0 Å². The highest BCUT2D eigenvalue weighted by atomic mass is 19.1. The van der Waals surface area contributed by atoms with Crippen LogP contribution in [0, 0.1) is 15.9 Å². The van der Waals surface area contributed by atoms with Gasteiger partial charge in [-0.3, -0.25) is 10.1 Å². The summed E-state index contributed by atoms with van der Waals surface area (Å²) in [5.41, 5.74) is 2.72. The lowest BCUT2D eigenvalue weighted by Gasteiger charge is -2.04. The van der Waals surface area contributed by atoms with E-state index >= 15 is 0 Å². The van der Waals surface area contributed by atoms with Crippen molar-refractivity contribution in [2.75, 3.05) is 0 Å². The zero-order chi connectivity index (χ0) is 14.3. The molecule has 20 heavy (non-hydrogen) atoms. The minimum Gasteiger partial charge on any atom is -0.344 e. The summed E-state index contributed by atoms with van der Waals surface area (Å²) in [6.07, 6.45) is 0. The summed E-state index contributed by atoms with van der Waals surface area (Å²) in [6, 6.07) is 12.8. The number of rotatable bonds is 2. The second-order valence-corrected chi connectivity index (χ2v) is 4.60. The van der Waals surface area contributed by atoms with Gasteiger partial charge in [0.05, 0.1) is 4.92 Å². The van der Waals surface area contributed by atoms with Gasteiger partial charge in [-0.1, -0.05) is 0 Å². The van der Waals surface area contributed by atoms with Crippen LogP contribution in [-0.4, -0.2) is 9.49 Å². The van der Waals surface area contributed by atoms with Crippen LogP contribution in [0.15, 0.2) is 48.5 Å². The molecule has 0 unspecified atom stereocenters. The predicted octanol–water partition coefficient (Wildman–Crippen LogP) is 3.89. The van der Waals surface area contributed by atoms with Crippen molar-refractivity contribution in [2.45, 2.75) is 0 Å². The predicted molar refractivity (Wildman–Crippen MR) is 75.0 cm³/mol. The standard InChI is InChI=1S/C15H11FN2O2/c1-17-14-7-6-13(18(19)20)8-11(14)9-15(17)10-2-4-12(16)5-3-10/h2-9H,1H3. The number of hydrogen-bond acceptors (Lipinski definition) is 2. The Bertz CT molecular complexity index is 807. The van der Waals surface area contributed by atoms with Gasteiger partial charge in [0.25, 0.3) is 5.69 Å². The normalized spacial score (nSPS) is 10.9. The van der Waals surface area contributed by atoms with E-state index in [-0.39, 0.29) is 11.5 Å². The first-order chi connectivity index (χ1) is 9.56. The number of aryl methyl sites for hydroxylation is 1. The maximum atomic E-state index is 13.0.